The summed E-state index contributed by atoms with van der Waals surface area (Å²) in [6.07, 6.45) is 4.59. The van der Waals surface area contributed by atoms with Crippen LogP contribution >= 0.6 is 0 Å². The van der Waals surface area contributed by atoms with E-state index in [-0.39, 0.29) is 5.82 Å². The lowest BCUT2D eigenvalue weighted by Gasteiger charge is -2.22. The molecular formula is C14H17FN4. The molecule has 4 nitrogen and oxygen atoms in total. The first-order chi connectivity index (χ1) is 9.31. The molecule has 0 bridgehead atoms. The first-order valence-corrected chi connectivity index (χ1v) is 6.72. The Bertz CT molecular complexity index is 529. The van der Waals surface area contributed by atoms with Crippen molar-refractivity contribution in [1.82, 2.24) is 20.5 Å². The minimum Gasteiger partial charge on any atom is -0.314 e. The lowest BCUT2D eigenvalue weighted by molar-refractivity contribution is 0.394. The molecule has 1 saturated heterocycles. The number of nitrogens with zero attached hydrogens (tertiary/aromatic N) is 2. The number of rotatable bonds is 3. The Morgan fingerprint density at radius 3 is 2.79 bits per heavy atom. The van der Waals surface area contributed by atoms with Gasteiger partial charge in [-0.1, -0.05) is 6.42 Å². The van der Waals surface area contributed by atoms with Crippen LogP contribution in [-0.2, 0) is 6.42 Å². The van der Waals surface area contributed by atoms with Crippen molar-refractivity contribution in [3.63, 3.8) is 0 Å². The average molecular weight is 260 g/mol. The molecule has 1 aromatic carbocycles. The Morgan fingerprint density at radius 2 is 2.05 bits per heavy atom. The van der Waals surface area contributed by atoms with Crippen LogP contribution in [0.25, 0.3) is 11.4 Å². The van der Waals surface area contributed by atoms with Crippen molar-refractivity contribution in [1.29, 1.82) is 0 Å². The lowest BCUT2D eigenvalue weighted by Crippen LogP contribution is -2.35. The van der Waals surface area contributed by atoms with E-state index in [0.717, 1.165) is 24.4 Å². The molecule has 1 aliphatic rings. The van der Waals surface area contributed by atoms with E-state index in [1.165, 1.54) is 31.4 Å². The standard InChI is InChI=1S/C14H17FN4/c15-11-6-4-10(5-7-11)14-17-13(18-19-14)9-12-3-1-2-8-16-12/h4-7,12,16H,1-3,8-9H2,(H,17,18,19). The highest BCUT2D eigenvalue weighted by molar-refractivity contribution is 5.54. The van der Waals surface area contributed by atoms with E-state index in [2.05, 4.69) is 20.5 Å². The van der Waals surface area contributed by atoms with Gasteiger partial charge in [0.15, 0.2) is 5.82 Å². The minimum atomic E-state index is -0.245. The fourth-order valence-electron chi connectivity index (χ4n) is 2.45. The number of halogens is 1. The normalized spacial score (nSPS) is 19.5. The zero-order valence-corrected chi connectivity index (χ0v) is 10.7. The van der Waals surface area contributed by atoms with E-state index in [4.69, 9.17) is 0 Å². The smallest absolute Gasteiger partial charge is 0.181 e. The second-order valence-electron chi connectivity index (χ2n) is 4.96. The number of nitrogens with one attached hydrogen (secondary N) is 2. The molecule has 5 heteroatoms. The van der Waals surface area contributed by atoms with Gasteiger partial charge in [0.05, 0.1) is 0 Å². The molecule has 1 fully saturated rings. The molecule has 0 aliphatic carbocycles. The highest BCUT2D eigenvalue weighted by Crippen LogP contribution is 2.16. The molecule has 2 N–H and O–H groups in total. The Balaban J connectivity index is 1.70. The van der Waals surface area contributed by atoms with Crippen LogP contribution in [-0.4, -0.2) is 27.8 Å². The monoisotopic (exact) mass is 260 g/mol. The summed E-state index contributed by atoms with van der Waals surface area (Å²) in [5.74, 6) is 1.27. The van der Waals surface area contributed by atoms with Gasteiger partial charge in [0, 0.05) is 18.0 Å². The van der Waals surface area contributed by atoms with Crippen LogP contribution in [0.2, 0.25) is 0 Å². The van der Waals surface area contributed by atoms with Crippen LogP contribution in [0, 0.1) is 5.82 Å². The summed E-state index contributed by atoms with van der Waals surface area (Å²) < 4.78 is 12.9. The zero-order valence-electron chi connectivity index (χ0n) is 10.7. The van der Waals surface area contributed by atoms with Crippen molar-refractivity contribution in [2.24, 2.45) is 0 Å². The van der Waals surface area contributed by atoms with E-state index in [9.17, 15) is 4.39 Å². The summed E-state index contributed by atoms with van der Waals surface area (Å²) in [6.45, 7) is 1.09. The third-order valence-electron chi connectivity index (χ3n) is 3.49. The van der Waals surface area contributed by atoms with Crippen molar-refractivity contribution in [2.45, 2.75) is 31.7 Å². The molecule has 1 aliphatic heterocycles. The molecule has 2 heterocycles. The van der Waals surface area contributed by atoms with Gasteiger partial charge in [-0.05, 0) is 43.7 Å². The molecule has 0 saturated carbocycles. The quantitative estimate of drug-likeness (QED) is 0.890. The van der Waals surface area contributed by atoms with Crippen molar-refractivity contribution in [3.8, 4) is 11.4 Å². The Hall–Kier alpha value is -1.75. The van der Waals surface area contributed by atoms with Crippen molar-refractivity contribution in [2.75, 3.05) is 6.54 Å². The molecule has 19 heavy (non-hydrogen) atoms. The largest absolute Gasteiger partial charge is 0.314 e. The van der Waals surface area contributed by atoms with Crippen molar-refractivity contribution < 1.29 is 4.39 Å². The summed E-state index contributed by atoms with van der Waals surface area (Å²) >= 11 is 0. The number of H-pyrrole nitrogens is 1. The average Bonchev–Trinajstić information content (AvgIpc) is 2.89. The SMILES string of the molecule is Fc1ccc(-c2n[nH]c(CC3CCCCN3)n2)cc1. The van der Waals surface area contributed by atoms with Gasteiger partial charge in [0.1, 0.15) is 11.6 Å². The molecule has 1 aromatic heterocycles. The van der Waals surface area contributed by atoms with Gasteiger partial charge < -0.3 is 5.32 Å². The third-order valence-corrected chi connectivity index (χ3v) is 3.49. The Labute approximate surface area is 111 Å². The third kappa shape index (κ3) is 2.98. The fourth-order valence-corrected chi connectivity index (χ4v) is 2.45. The summed E-state index contributed by atoms with van der Waals surface area (Å²) in [5, 5.41) is 10.7. The van der Waals surface area contributed by atoms with Crippen LogP contribution < -0.4 is 5.32 Å². The number of benzene rings is 1. The van der Waals surface area contributed by atoms with Crippen molar-refractivity contribution in [3.05, 3.63) is 35.9 Å². The van der Waals surface area contributed by atoms with E-state index < -0.39 is 0 Å². The van der Waals surface area contributed by atoms with Gasteiger partial charge in [-0.25, -0.2) is 9.37 Å². The lowest BCUT2D eigenvalue weighted by atomic mass is 10.0. The molecule has 1 atom stereocenters. The van der Waals surface area contributed by atoms with E-state index in [1.54, 1.807) is 12.1 Å². The predicted molar refractivity (Wildman–Crippen MR) is 71.1 cm³/mol. The van der Waals surface area contributed by atoms with Crippen LogP contribution in [0.15, 0.2) is 24.3 Å². The van der Waals surface area contributed by atoms with Crippen molar-refractivity contribution >= 4 is 0 Å². The predicted octanol–water partition coefficient (Wildman–Crippen LogP) is 2.30. The van der Waals surface area contributed by atoms with Crippen LogP contribution in [0.3, 0.4) is 0 Å². The molecular weight excluding hydrogens is 243 g/mol. The molecule has 1 unspecified atom stereocenters. The minimum absolute atomic E-state index is 0.245. The number of hydrogen-bond acceptors (Lipinski definition) is 3. The molecule has 100 valence electrons. The molecule has 2 aromatic rings. The fraction of sp³-hybridized carbons (Fsp3) is 0.429. The van der Waals surface area contributed by atoms with E-state index >= 15 is 0 Å². The molecule has 0 spiro atoms. The van der Waals surface area contributed by atoms with Gasteiger partial charge in [-0.3, -0.25) is 5.10 Å². The second-order valence-corrected chi connectivity index (χ2v) is 4.96. The molecule has 0 amide bonds. The maximum atomic E-state index is 12.9. The maximum absolute atomic E-state index is 12.9. The van der Waals surface area contributed by atoms with Gasteiger partial charge >= 0.3 is 0 Å². The van der Waals surface area contributed by atoms with Gasteiger partial charge in [-0.2, -0.15) is 5.10 Å². The summed E-state index contributed by atoms with van der Waals surface area (Å²) in [4.78, 5) is 4.48. The van der Waals surface area contributed by atoms with Gasteiger partial charge in [0.25, 0.3) is 0 Å². The Kier molecular flexibility index (Phi) is 3.55. The first kappa shape index (κ1) is 12.3. The van der Waals surface area contributed by atoms with Gasteiger partial charge in [-0.15, -0.1) is 0 Å². The number of aromatic nitrogens is 3. The molecule has 0 radical (unpaired) electrons. The summed E-state index contributed by atoms with van der Waals surface area (Å²) in [6, 6.07) is 6.73. The Morgan fingerprint density at radius 1 is 1.21 bits per heavy atom. The number of aromatic amines is 1. The molecule has 3 rings (SSSR count). The number of piperidine rings is 1. The zero-order chi connectivity index (χ0) is 13.1. The van der Waals surface area contributed by atoms with Crippen LogP contribution in [0.5, 0.6) is 0 Å². The highest BCUT2D eigenvalue weighted by Gasteiger charge is 2.15. The van der Waals surface area contributed by atoms with Crippen LogP contribution in [0.4, 0.5) is 4.39 Å². The maximum Gasteiger partial charge on any atom is 0.181 e. The highest BCUT2D eigenvalue weighted by atomic mass is 19.1. The first-order valence-electron chi connectivity index (χ1n) is 6.72. The summed E-state index contributed by atoms with van der Waals surface area (Å²) in [7, 11) is 0. The summed E-state index contributed by atoms with van der Waals surface area (Å²) in [5.41, 5.74) is 0.834. The van der Waals surface area contributed by atoms with E-state index in [1.807, 2.05) is 0 Å². The topological polar surface area (TPSA) is 53.6 Å². The van der Waals surface area contributed by atoms with E-state index in [0.29, 0.717) is 11.9 Å². The van der Waals surface area contributed by atoms with Crippen LogP contribution in [0.1, 0.15) is 25.1 Å². The number of hydrogen-bond donors (Lipinski definition) is 2. The van der Waals surface area contributed by atoms with Gasteiger partial charge in [0.2, 0.25) is 0 Å². The second kappa shape index (κ2) is 5.48.